The molecule has 0 spiro atoms. The first-order valence-electron chi connectivity index (χ1n) is 19.9. The lowest BCUT2D eigenvalue weighted by Crippen LogP contribution is -2.29. The van der Waals surface area contributed by atoms with E-state index in [9.17, 15) is 19.3 Å². The minimum absolute atomic E-state index is 0.0921. The molecule has 9 nitrogen and oxygen atoms in total. The zero-order chi connectivity index (χ0) is 40.5. The third-order valence-electron chi connectivity index (χ3n) is 7.58. The van der Waals surface area contributed by atoms with Crippen LogP contribution in [0.25, 0.3) is 0 Å². The highest BCUT2D eigenvalue weighted by atomic mass is 31.2. The van der Waals surface area contributed by atoms with Gasteiger partial charge in [-0.25, -0.2) is 4.57 Å². The van der Waals surface area contributed by atoms with Gasteiger partial charge in [0.2, 0.25) is 0 Å². The molecule has 0 heterocycles. The average Bonchev–Trinajstić information content (AvgIpc) is 3.15. The van der Waals surface area contributed by atoms with E-state index in [2.05, 4.69) is 91.3 Å². The quantitative estimate of drug-likeness (QED) is 0.0191. The van der Waals surface area contributed by atoms with Crippen molar-refractivity contribution in [3.05, 3.63) is 122 Å². The standard InChI is InChI=1S/C45H69O9P/c1-3-5-7-8-9-10-11-12-13-14-15-16-17-18-21-24-27-30-34-38-44(47)52-40-43(41-53-55(49,50)51)54-45(48)39-35-31-28-25-22-19-20-23-26-29-33-37-42(46)36-32-6-4-2/h5,7,9-10,12-13,15-16,18-21,25-30,33,37,42-43,46H,3-4,6,8,11,14,17,22-24,31-32,34-36,38-41H2,1-2H3,(H2,49,50,51)/b7-5-,10-9-,13-12-,16-15-,20-19-,21-18-,28-25-,29-26-,30-27-,37-33+/t42-,43+/m0/s1. The normalized spacial score (nSPS) is 14.3. The molecule has 0 saturated heterocycles. The maximum absolute atomic E-state index is 12.4. The first-order chi connectivity index (χ1) is 26.7. The summed E-state index contributed by atoms with van der Waals surface area (Å²) < 4.78 is 26.2. The molecule has 0 aliphatic heterocycles. The largest absolute Gasteiger partial charge is 0.469 e. The van der Waals surface area contributed by atoms with Crippen LogP contribution in [0.1, 0.15) is 123 Å². The molecule has 0 aliphatic carbocycles. The van der Waals surface area contributed by atoms with Crippen LogP contribution in [0.5, 0.6) is 0 Å². The van der Waals surface area contributed by atoms with E-state index >= 15 is 0 Å². The molecule has 0 aromatic carbocycles. The molecule has 0 rings (SSSR count). The number of unbranched alkanes of at least 4 members (excludes halogenated alkanes) is 3. The van der Waals surface area contributed by atoms with Gasteiger partial charge in [-0.2, -0.15) is 0 Å². The number of carbonyl (C=O) groups excluding carboxylic acids is 2. The molecule has 0 aromatic heterocycles. The SMILES string of the molecule is CC/C=C\C/C=C\C/C=C\C/C=C\C/C=C\C/C=C\CCC(=O)OC[C@H](COP(=O)(O)O)OC(=O)CCC/C=C\C/C=C\C/C=C\C=C\[C@@H](O)CCCCC. The second kappa shape index (κ2) is 38.7. The molecule has 0 aromatic rings. The number of hydrogen-bond donors (Lipinski definition) is 3. The maximum atomic E-state index is 12.4. The third kappa shape index (κ3) is 41.4. The molecule has 0 amide bonds. The van der Waals surface area contributed by atoms with Crippen LogP contribution in [0.4, 0.5) is 0 Å². The van der Waals surface area contributed by atoms with Gasteiger partial charge in [0.05, 0.1) is 12.7 Å². The molecule has 0 bridgehead atoms. The van der Waals surface area contributed by atoms with E-state index in [1.165, 1.54) is 0 Å². The van der Waals surface area contributed by atoms with Crippen LogP contribution in [0.3, 0.4) is 0 Å². The number of phosphoric acid groups is 1. The number of hydrogen-bond acceptors (Lipinski definition) is 7. The number of aliphatic hydroxyl groups excluding tert-OH is 1. The number of esters is 2. The fraction of sp³-hybridized carbons (Fsp3) is 0.511. The summed E-state index contributed by atoms with van der Waals surface area (Å²) in [5.41, 5.74) is 0. The molecule has 10 heteroatoms. The van der Waals surface area contributed by atoms with Gasteiger partial charge in [-0.1, -0.05) is 155 Å². The van der Waals surface area contributed by atoms with Gasteiger partial charge < -0.3 is 24.4 Å². The summed E-state index contributed by atoms with van der Waals surface area (Å²) >= 11 is 0. The second-order valence-electron chi connectivity index (χ2n) is 12.7. The predicted octanol–water partition coefficient (Wildman–Crippen LogP) is 11.1. The van der Waals surface area contributed by atoms with Crippen molar-refractivity contribution in [2.24, 2.45) is 0 Å². The first kappa shape index (κ1) is 51.4. The summed E-state index contributed by atoms with van der Waals surface area (Å²) in [5.74, 6) is -1.09. The summed E-state index contributed by atoms with van der Waals surface area (Å²) in [7, 11) is -4.81. The average molecular weight is 785 g/mol. The summed E-state index contributed by atoms with van der Waals surface area (Å²) in [6.07, 6.45) is 52.6. The third-order valence-corrected chi connectivity index (χ3v) is 8.07. The summed E-state index contributed by atoms with van der Waals surface area (Å²) in [4.78, 5) is 42.7. The van der Waals surface area contributed by atoms with Crippen molar-refractivity contribution in [2.75, 3.05) is 13.2 Å². The van der Waals surface area contributed by atoms with Crippen LogP contribution in [0.15, 0.2) is 122 Å². The van der Waals surface area contributed by atoms with Crippen LogP contribution in [-0.4, -0.2) is 52.3 Å². The van der Waals surface area contributed by atoms with Gasteiger partial charge in [0.25, 0.3) is 0 Å². The fourth-order valence-electron chi connectivity index (χ4n) is 4.62. The highest BCUT2D eigenvalue weighted by Crippen LogP contribution is 2.35. The van der Waals surface area contributed by atoms with Gasteiger partial charge in [-0.3, -0.25) is 14.1 Å². The van der Waals surface area contributed by atoms with Crippen molar-refractivity contribution in [1.82, 2.24) is 0 Å². The minimum atomic E-state index is -4.81. The summed E-state index contributed by atoms with van der Waals surface area (Å²) in [5, 5.41) is 9.87. The Morgan fingerprint density at radius 2 is 1.09 bits per heavy atom. The van der Waals surface area contributed by atoms with E-state index in [0.29, 0.717) is 19.3 Å². The van der Waals surface area contributed by atoms with E-state index in [1.807, 2.05) is 48.6 Å². The van der Waals surface area contributed by atoms with Crippen molar-refractivity contribution in [3.8, 4) is 0 Å². The lowest BCUT2D eigenvalue weighted by Gasteiger charge is -2.18. The Morgan fingerprint density at radius 1 is 0.582 bits per heavy atom. The Morgan fingerprint density at radius 3 is 1.62 bits per heavy atom. The van der Waals surface area contributed by atoms with E-state index in [4.69, 9.17) is 19.3 Å². The fourth-order valence-corrected chi connectivity index (χ4v) is 4.98. The highest BCUT2D eigenvalue weighted by Gasteiger charge is 2.22. The van der Waals surface area contributed by atoms with Crippen molar-refractivity contribution >= 4 is 19.8 Å². The molecule has 0 aliphatic rings. The zero-order valence-corrected chi connectivity index (χ0v) is 34.3. The molecule has 0 unspecified atom stereocenters. The highest BCUT2D eigenvalue weighted by molar-refractivity contribution is 7.46. The van der Waals surface area contributed by atoms with Crippen LogP contribution >= 0.6 is 7.82 Å². The van der Waals surface area contributed by atoms with E-state index in [-0.39, 0.29) is 25.6 Å². The molecule has 0 saturated carbocycles. The van der Waals surface area contributed by atoms with Crippen LogP contribution in [0, 0.1) is 0 Å². The second-order valence-corrected chi connectivity index (χ2v) is 14.0. The van der Waals surface area contributed by atoms with Crippen molar-refractivity contribution in [3.63, 3.8) is 0 Å². The number of ether oxygens (including phenoxy) is 2. The summed E-state index contributed by atoms with van der Waals surface area (Å²) in [6, 6.07) is 0. The number of aliphatic hydroxyl groups is 1. The molecular weight excluding hydrogens is 715 g/mol. The molecule has 308 valence electrons. The molecule has 0 fully saturated rings. The first-order valence-corrected chi connectivity index (χ1v) is 21.5. The van der Waals surface area contributed by atoms with Crippen LogP contribution < -0.4 is 0 Å². The zero-order valence-electron chi connectivity index (χ0n) is 33.4. The Kier molecular flexibility index (Phi) is 36.2. The van der Waals surface area contributed by atoms with Crippen molar-refractivity contribution < 1.29 is 43.0 Å². The Labute approximate surface area is 331 Å². The lowest BCUT2D eigenvalue weighted by molar-refractivity contribution is -0.161. The van der Waals surface area contributed by atoms with Crippen molar-refractivity contribution in [1.29, 1.82) is 0 Å². The molecule has 55 heavy (non-hydrogen) atoms. The molecule has 0 radical (unpaired) electrons. The maximum Gasteiger partial charge on any atom is 0.469 e. The predicted molar refractivity (Wildman–Crippen MR) is 226 cm³/mol. The number of phosphoric ester groups is 1. The van der Waals surface area contributed by atoms with Gasteiger partial charge >= 0.3 is 19.8 Å². The van der Waals surface area contributed by atoms with Gasteiger partial charge in [0.1, 0.15) is 6.61 Å². The molecule has 3 N–H and O–H groups in total. The number of rotatable bonds is 34. The molecular formula is C45H69O9P. The number of allylic oxidation sites excluding steroid dienone is 19. The number of carbonyl (C=O) groups is 2. The topological polar surface area (TPSA) is 140 Å². The van der Waals surface area contributed by atoms with Gasteiger partial charge in [-0.15, -0.1) is 0 Å². The van der Waals surface area contributed by atoms with Crippen molar-refractivity contribution in [2.45, 2.75) is 135 Å². The summed E-state index contributed by atoms with van der Waals surface area (Å²) in [6.45, 7) is 3.31. The van der Waals surface area contributed by atoms with Gasteiger partial charge in [0.15, 0.2) is 6.10 Å². The Hall–Kier alpha value is -3.59. The minimum Gasteiger partial charge on any atom is -0.462 e. The lowest BCUT2D eigenvalue weighted by atomic mass is 10.1. The molecule has 2 atom stereocenters. The van der Waals surface area contributed by atoms with Crippen LogP contribution in [-0.2, 0) is 28.2 Å². The Balaban J connectivity index is 4.25. The smallest absolute Gasteiger partial charge is 0.462 e. The van der Waals surface area contributed by atoms with E-state index in [1.54, 1.807) is 0 Å². The van der Waals surface area contributed by atoms with Gasteiger partial charge in [0, 0.05) is 12.8 Å². The van der Waals surface area contributed by atoms with E-state index < -0.39 is 32.5 Å². The Bertz CT molecular complexity index is 1310. The van der Waals surface area contributed by atoms with Gasteiger partial charge in [-0.05, 0) is 77.0 Å². The van der Waals surface area contributed by atoms with Crippen LogP contribution in [0.2, 0.25) is 0 Å². The van der Waals surface area contributed by atoms with E-state index in [0.717, 1.165) is 77.0 Å². The monoisotopic (exact) mass is 784 g/mol.